The minimum Gasteiger partial charge on any atom is -0.395 e. The van der Waals surface area contributed by atoms with Gasteiger partial charge in [0, 0.05) is 22.8 Å². The number of hydrogen-bond acceptors (Lipinski definition) is 4. The van der Waals surface area contributed by atoms with E-state index in [-0.39, 0.29) is 21.7 Å². The minimum atomic E-state index is -4.72. The smallest absolute Gasteiger partial charge is 0.395 e. The number of aliphatic hydroxyl groups is 1. The van der Waals surface area contributed by atoms with E-state index < -0.39 is 36.0 Å². The molecule has 0 spiro atoms. The molecule has 0 aliphatic carbocycles. The number of carbonyl (C=O) groups excluding carboxylic acids is 1. The fourth-order valence-corrected chi connectivity index (χ4v) is 4.04. The molecule has 0 saturated heterocycles. The largest absolute Gasteiger partial charge is 0.400 e. The first kappa shape index (κ1) is 22.8. The summed E-state index contributed by atoms with van der Waals surface area (Å²) in [5.74, 6) is -0.862. The maximum Gasteiger partial charge on any atom is 0.400 e. The number of aryl methyl sites for hydroxylation is 1. The molecule has 3 aromatic rings. The molecule has 1 amide bonds. The Morgan fingerprint density at radius 3 is 2.52 bits per heavy atom. The first-order valence-corrected chi connectivity index (χ1v) is 9.65. The summed E-state index contributed by atoms with van der Waals surface area (Å²) in [4.78, 5) is 31.1. The van der Waals surface area contributed by atoms with Crippen LogP contribution in [-0.2, 0) is 5.41 Å². The van der Waals surface area contributed by atoms with Crippen molar-refractivity contribution in [2.24, 2.45) is 5.73 Å². The van der Waals surface area contributed by atoms with Crippen LogP contribution in [0.1, 0.15) is 35.0 Å². The number of nitrogens with two attached hydrogens (primary N) is 1. The van der Waals surface area contributed by atoms with E-state index in [0.29, 0.717) is 22.3 Å². The van der Waals surface area contributed by atoms with Crippen LogP contribution in [0.3, 0.4) is 0 Å². The highest BCUT2D eigenvalue weighted by Crippen LogP contribution is 2.47. The summed E-state index contributed by atoms with van der Waals surface area (Å²) in [6.07, 6.45) is -3.81. The average Bonchev–Trinajstić information content (AvgIpc) is 2.69. The highest BCUT2D eigenvalue weighted by Gasteiger charge is 2.55. The van der Waals surface area contributed by atoms with Crippen molar-refractivity contribution in [2.45, 2.75) is 31.9 Å². The molecule has 6 nitrogen and oxygen atoms in total. The number of pyridine rings is 2. The Balaban J connectivity index is 2.25. The van der Waals surface area contributed by atoms with Gasteiger partial charge in [0.05, 0.1) is 23.2 Å². The summed E-state index contributed by atoms with van der Waals surface area (Å²) >= 11 is 6.25. The van der Waals surface area contributed by atoms with Crippen LogP contribution in [0.2, 0.25) is 5.02 Å². The number of aliphatic hydroxyl groups excluding tert-OH is 1. The molecule has 3 rings (SSSR count). The summed E-state index contributed by atoms with van der Waals surface area (Å²) in [6.45, 7) is 1.75. The third-order valence-corrected chi connectivity index (χ3v) is 5.82. The lowest BCUT2D eigenvalue weighted by molar-refractivity contribution is -0.202. The third-order valence-electron chi connectivity index (χ3n) is 5.51. The first-order chi connectivity index (χ1) is 14.5. The standard InChI is InChI=1S/C21H19ClF3N3O3/c1-3-20(9-29,21(23,24)25)12-6-10(2)11(7-13(12)22)15-8-16(30)17-14(28-15)4-5-27-18(17)19(26)31/h4-8,29H,3,9H2,1-2H3,(H2,26,31)(H,28,30). The molecular formula is C21H19ClF3N3O3. The van der Waals surface area contributed by atoms with E-state index in [4.69, 9.17) is 17.3 Å². The molecule has 1 atom stereocenters. The van der Waals surface area contributed by atoms with Crippen LogP contribution in [0.25, 0.3) is 22.2 Å². The molecule has 0 aliphatic rings. The predicted octanol–water partition coefficient (Wildman–Crippen LogP) is 3.85. The lowest BCUT2D eigenvalue weighted by Gasteiger charge is -2.34. The lowest BCUT2D eigenvalue weighted by atomic mass is 9.77. The third kappa shape index (κ3) is 3.68. The highest BCUT2D eigenvalue weighted by atomic mass is 35.5. The van der Waals surface area contributed by atoms with Gasteiger partial charge in [0.1, 0.15) is 11.1 Å². The van der Waals surface area contributed by atoms with Crippen LogP contribution in [-0.4, -0.2) is 33.8 Å². The normalized spacial score (nSPS) is 13.9. The zero-order valence-electron chi connectivity index (χ0n) is 16.6. The topological polar surface area (TPSA) is 109 Å². The number of nitrogens with one attached hydrogen (secondary N) is 1. The number of primary amides is 1. The fraction of sp³-hybridized carbons (Fsp3) is 0.286. The number of benzene rings is 1. The molecule has 1 unspecified atom stereocenters. The van der Waals surface area contributed by atoms with E-state index in [1.807, 2.05) is 0 Å². The Kier molecular flexibility index (Phi) is 5.86. The van der Waals surface area contributed by atoms with E-state index >= 15 is 0 Å². The zero-order valence-corrected chi connectivity index (χ0v) is 17.4. The van der Waals surface area contributed by atoms with Gasteiger partial charge in [-0.25, -0.2) is 0 Å². The number of aromatic amines is 1. The summed E-state index contributed by atoms with van der Waals surface area (Å²) in [6, 6.07) is 5.28. The number of rotatable bonds is 5. The van der Waals surface area contributed by atoms with Gasteiger partial charge in [-0.15, -0.1) is 0 Å². The summed E-state index contributed by atoms with van der Waals surface area (Å²) < 4.78 is 41.5. The number of hydrogen-bond donors (Lipinski definition) is 3. The number of fused-ring (bicyclic) bond motifs is 1. The van der Waals surface area contributed by atoms with Gasteiger partial charge < -0.3 is 15.8 Å². The lowest BCUT2D eigenvalue weighted by Crippen LogP contribution is -2.45. The van der Waals surface area contributed by atoms with Gasteiger partial charge in [-0.2, -0.15) is 13.2 Å². The van der Waals surface area contributed by atoms with Gasteiger partial charge in [-0.05, 0) is 36.6 Å². The second-order valence-corrected chi connectivity index (χ2v) is 7.64. The SMILES string of the molecule is CCC(CO)(c1cc(C)c(-c2cc(=O)c3c(C(N)=O)nccc3[nH]2)cc1Cl)C(F)(F)F. The van der Waals surface area contributed by atoms with Crippen molar-refractivity contribution in [3.05, 3.63) is 62.5 Å². The van der Waals surface area contributed by atoms with E-state index in [9.17, 15) is 27.9 Å². The first-order valence-electron chi connectivity index (χ1n) is 9.27. The second-order valence-electron chi connectivity index (χ2n) is 7.23. The molecule has 10 heteroatoms. The molecule has 164 valence electrons. The van der Waals surface area contributed by atoms with E-state index in [1.54, 1.807) is 6.92 Å². The monoisotopic (exact) mass is 453 g/mol. The minimum absolute atomic E-state index is 0.0153. The molecule has 0 saturated carbocycles. The Morgan fingerprint density at radius 1 is 1.29 bits per heavy atom. The number of aromatic nitrogens is 2. The van der Waals surface area contributed by atoms with Crippen molar-refractivity contribution in [3.8, 4) is 11.3 Å². The van der Waals surface area contributed by atoms with Crippen molar-refractivity contribution >= 4 is 28.4 Å². The van der Waals surface area contributed by atoms with Crippen LogP contribution in [0.5, 0.6) is 0 Å². The quantitative estimate of drug-likeness (QED) is 0.545. The van der Waals surface area contributed by atoms with Gasteiger partial charge in [0.2, 0.25) is 0 Å². The second kappa shape index (κ2) is 7.97. The van der Waals surface area contributed by atoms with Gasteiger partial charge in [-0.1, -0.05) is 24.6 Å². The Hall–Kier alpha value is -2.91. The number of carbonyl (C=O) groups is 1. The maximum atomic E-state index is 13.8. The molecule has 2 aromatic heterocycles. The Bertz CT molecular complexity index is 1230. The summed E-state index contributed by atoms with van der Waals surface area (Å²) in [5, 5.41) is 9.45. The van der Waals surface area contributed by atoms with Crippen LogP contribution in [0, 0.1) is 6.92 Å². The number of alkyl halides is 3. The number of nitrogens with zero attached hydrogens (tertiary/aromatic N) is 1. The van der Waals surface area contributed by atoms with Crippen molar-refractivity contribution in [1.29, 1.82) is 0 Å². The van der Waals surface area contributed by atoms with Crippen molar-refractivity contribution < 1.29 is 23.1 Å². The van der Waals surface area contributed by atoms with Crippen LogP contribution < -0.4 is 11.2 Å². The highest BCUT2D eigenvalue weighted by molar-refractivity contribution is 6.31. The van der Waals surface area contributed by atoms with Gasteiger partial charge >= 0.3 is 6.18 Å². The summed E-state index contributed by atoms with van der Waals surface area (Å²) in [5.41, 5.74) is 3.21. The average molecular weight is 454 g/mol. The molecule has 2 heterocycles. The number of halogens is 4. The van der Waals surface area contributed by atoms with Gasteiger partial charge in [-0.3, -0.25) is 14.6 Å². The van der Waals surface area contributed by atoms with Crippen molar-refractivity contribution in [1.82, 2.24) is 9.97 Å². The van der Waals surface area contributed by atoms with Crippen LogP contribution in [0.4, 0.5) is 13.2 Å². The molecule has 0 bridgehead atoms. The summed E-state index contributed by atoms with van der Waals surface area (Å²) in [7, 11) is 0. The van der Waals surface area contributed by atoms with E-state index in [0.717, 1.165) is 0 Å². The molecule has 0 fully saturated rings. The molecule has 1 aromatic carbocycles. The van der Waals surface area contributed by atoms with Crippen molar-refractivity contribution in [3.63, 3.8) is 0 Å². The molecule has 0 radical (unpaired) electrons. The Labute approximate surface area is 179 Å². The van der Waals surface area contributed by atoms with E-state index in [2.05, 4.69) is 9.97 Å². The van der Waals surface area contributed by atoms with Crippen molar-refractivity contribution in [2.75, 3.05) is 6.61 Å². The van der Waals surface area contributed by atoms with Gasteiger partial charge in [0.25, 0.3) is 5.91 Å². The van der Waals surface area contributed by atoms with Crippen LogP contribution >= 0.6 is 11.6 Å². The predicted molar refractivity (Wildman–Crippen MR) is 111 cm³/mol. The van der Waals surface area contributed by atoms with E-state index in [1.165, 1.54) is 37.4 Å². The molecule has 31 heavy (non-hydrogen) atoms. The molecular weight excluding hydrogens is 435 g/mol. The van der Waals surface area contributed by atoms with Crippen LogP contribution in [0.15, 0.2) is 35.3 Å². The number of amides is 1. The number of H-pyrrole nitrogens is 1. The molecule has 0 aliphatic heterocycles. The molecule has 4 N–H and O–H groups in total. The Morgan fingerprint density at radius 2 is 1.97 bits per heavy atom. The zero-order chi connectivity index (χ0) is 23.1. The van der Waals surface area contributed by atoms with Gasteiger partial charge in [0.15, 0.2) is 5.43 Å². The fourth-order valence-electron chi connectivity index (χ4n) is 3.70. The maximum absolute atomic E-state index is 13.8.